The predicted octanol–water partition coefficient (Wildman–Crippen LogP) is 4.93. The Morgan fingerprint density at radius 1 is 1.06 bits per heavy atom. The molecule has 34 heavy (non-hydrogen) atoms. The summed E-state index contributed by atoms with van der Waals surface area (Å²) < 4.78 is 9.44. The molecule has 0 spiro atoms. The molecule has 4 nitrogen and oxygen atoms in total. The van der Waals surface area contributed by atoms with E-state index in [2.05, 4.69) is 59.0 Å². The Balaban J connectivity index is 1.65. The van der Waals surface area contributed by atoms with Crippen LogP contribution in [0.15, 0.2) is 88.2 Å². The summed E-state index contributed by atoms with van der Waals surface area (Å²) >= 11 is 3.75. The van der Waals surface area contributed by atoms with Crippen LogP contribution in [0.5, 0.6) is 5.75 Å². The third-order valence-corrected chi connectivity index (χ3v) is 8.11. The number of aromatic nitrogens is 1. The molecule has 0 amide bonds. The van der Waals surface area contributed by atoms with E-state index in [1.807, 2.05) is 47.0 Å². The average Bonchev–Trinajstić information content (AvgIpc) is 3.17. The van der Waals surface area contributed by atoms with E-state index in [-0.39, 0.29) is 11.6 Å². The summed E-state index contributed by atoms with van der Waals surface area (Å²) in [4.78, 5) is 19.6. The van der Waals surface area contributed by atoms with E-state index in [0.29, 0.717) is 4.53 Å². The largest absolute Gasteiger partial charge is 0.496 e. The zero-order chi connectivity index (χ0) is 23.2. The van der Waals surface area contributed by atoms with E-state index in [9.17, 15) is 4.79 Å². The van der Waals surface area contributed by atoms with Crippen molar-refractivity contribution in [2.45, 2.75) is 18.9 Å². The van der Waals surface area contributed by atoms with Gasteiger partial charge in [-0.15, -0.1) is 0 Å². The van der Waals surface area contributed by atoms with Crippen molar-refractivity contribution in [3.05, 3.63) is 124 Å². The second-order valence-corrected chi connectivity index (χ2v) is 10.7. The molecule has 0 saturated carbocycles. The van der Waals surface area contributed by atoms with Crippen LogP contribution in [0, 0.1) is 3.57 Å². The van der Waals surface area contributed by atoms with Crippen LogP contribution < -0.4 is 19.6 Å². The van der Waals surface area contributed by atoms with Gasteiger partial charge in [-0.05, 0) is 76.4 Å². The van der Waals surface area contributed by atoms with Crippen LogP contribution in [0.4, 0.5) is 0 Å². The van der Waals surface area contributed by atoms with Crippen LogP contribution in [0.25, 0.3) is 11.8 Å². The lowest BCUT2D eigenvalue weighted by Crippen LogP contribution is -2.39. The summed E-state index contributed by atoms with van der Waals surface area (Å²) in [6.45, 7) is 0. The second-order valence-electron chi connectivity index (χ2n) is 8.41. The molecule has 3 aromatic carbocycles. The summed E-state index contributed by atoms with van der Waals surface area (Å²) in [6, 6.07) is 24.4. The molecular weight excluding hydrogens is 555 g/mol. The van der Waals surface area contributed by atoms with Gasteiger partial charge in [0.15, 0.2) is 4.80 Å². The number of ether oxygens (including phenoxy) is 1. The highest BCUT2D eigenvalue weighted by Crippen LogP contribution is 2.43. The summed E-state index contributed by atoms with van der Waals surface area (Å²) in [6.07, 6.45) is 3.77. The Labute approximate surface area is 214 Å². The number of halogens is 1. The molecule has 0 fully saturated rings. The number of nitrogens with zero attached hydrogens (tertiary/aromatic N) is 2. The minimum Gasteiger partial charge on any atom is -0.496 e. The molecule has 0 saturated heterocycles. The molecule has 1 aliphatic heterocycles. The first-order valence-electron chi connectivity index (χ1n) is 11.2. The van der Waals surface area contributed by atoms with Gasteiger partial charge in [-0.25, -0.2) is 4.99 Å². The number of thiazole rings is 1. The lowest BCUT2D eigenvalue weighted by atomic mass is 9.83. The van der Waals surface area contributed by atoms with E-state index in [4.69, 9.17) is 9.73 Å². The molecule has 1 atom stereocenters. The number of para-hydroxylation sites is 1. The number of hydrogen-bond acceptors (Lipinski definition) is 4. The standard InChI is InChI=1S/C28H21IN2O2S/c1-33-23-12-5-4-11-21(23)26-22-14-13-18-8-2-3-10-20(18)25(22)30-28-31(26)27(32)24(34-28)16-17-7-6-9-19(29)15-17/h2-12,15-16,26H,13-14H2,1H3. The normalized spacial score (nSPS) is 17.0. The van der Waals surface area contributed by atoms with Crippen molar-refractivity contribution in [2.24, 2.45) is 4.99 Å². The van der Waals surface area contributed by atoms with Crippen molar-refractivity contribution in [2.75, 3.05) is 7.11 Å². The number of aryl methyl sites for hydroxylation is 1. The number of allylic oxidation sites excluding steroid dienone is 1. The van der Waals surface area contributed by atoms with Gasteiger partial charge in [0.2, 0.25) is 0 Å². The average molecular weight is 576 g/mol. The Bertz CT molecular complexity index is 1650. The third-order valence-electron chi connectivity index (χ3n) is 6.45. The summed E-state index contributed by atoms with van der Waals surface area (Å²) in [7, 11) is 1.69. The van der Waals surface area contributed by atoms with Crippen LogP contribution in [0.3, 0.4) is 0 Å². The van der Waals surface area contributed by atoms with Crippen LogP contribution in [0.1, 0.15) is 34.7 Å². The number of hydrogen-bond donors (Lipinski definition) is 0. The Hall–Kier alpha value is -2.97. The molecule has 2 aliphatic rings. The fourth-order valence-electron chi connectivity index (χ4n) is 4.94. The van der Waals surface area contributed by atoms with E-state index in [1.165, 1.54) is 28.0 Å². The Morgan fingerprint density at radius 3 is 2.74 bits per heavy atom. The predicted molar refractivity (Wildman–Crippen MR) is 145 cm³/mol. The molecule has 1 aromatic heterocycles. The molecule has 1 unspecified atom stereocenters. The minimum absolute atomic E-state index is 0.0103. The van der Waals surface area contributed by atoms with Crippen molar-refractivity contribution in [3.8, 4) is 5.75 Å². The molecule has 4 aromatic rings. The van der Waals surface area contributed by atoms with Crippen molar-refractivity contribution < 1.29 is 4.74 Å². The van der Waals surface area contributed by atoms with Gasteiger partial charge < -0.3 is 4.74 Å². The molecule has 6 rings (SSSR count). The molecule has 0 N–H and O–H groups in total. The van der Waals surface area contributed by atoms with E-state index in [1.54, 1.807) is 7.11 Å². The van der Waals surface area contributed by atoms with Gasteiger partial charge in [0.1, 0.15) is 5.75 Å². The Morgan fingerprint density at radius 2 is 1.88 bits per heavy atom. The second kappa shape index (κ2) is 8.67. The molecule has 168 valence electrons. The maximum absolute atomic E-state index is 13.8. The van der Waals surface area contributed by atoms with E-state index < -0.39 is 0 Å². The maximum Gasteiger partial charge on any atom is 0.271 e. The lowest BCUT2D eigenvalue weighted by molar-refractivity contribution is 0.402. The molecule has 1 aliphatic carbocycles. The highest BCUT2D eigenvalue weighted by molar-refractivity contribution is 14.1. The zero-order valence-corrected chi connectivity index (χ0v) is 21.5. The van der Waals surface area contributed by atoms with Crippen LogP contribution in [0.2, 0.25) is 0 Å². The smallest absolute Gasteiger partial charge is 0.271 e. The fraction of sp³-hybridized carbons (Fsp3) is 0.143. The van der Waals surface area contributed by atoms with Gasteiger partial charge in [-0.1, -0.05) is 65.9 Å². The van der Waals surface area contributed by atoms with Gasteiger partial charge >= 0.3 is 0 Å². The van der Waals surface area contributed by atoms with Gasteiger partial charge in [-0.2, -0.15) is 0 Å². The van der Waals surface area contributed by atoms with Gasteiger partial charge in [-0.3, -0.25) is 9.36 Å². The lowest BCUT2D eigenvalue weighted by Gasteiger charge is -2.31. The number of rotatable bonds is 3. The van der Waals surface area contributed by atoms with Crippen LogP contribution in [-0.4, -0.2) is 11.7 Å². The number of benzene rings is 3. The van der Waals surface area contributed by atoms with Crippen LogP contribution in [-0.2, 0) is 6.42 Å². The summed E-state index contributed by atoms with van der Waals surface area (Å²) in [5.41, 5.74) is 6.65. The monoisotopic (exact) mass is 576 g/mol. The summed E-state index contributed by atoms with van der Waals surface area (Å²) in [5.74, 6) is 0.785. The minimum atomic E-state index is -0.242. The van der Waals surface area contributed by atoms with Gasteiger partial charge in [0.25, 0.3) is 5.56 Å². The molecule has 0 bridgehead atoms. The molecular formula is C28H21IN2O2S. The maximum atomic E-state index is 13.8. The topological polar surface area (TPSA) is 43.6 Å². The fourth-order valence-corrected chi connectivity index (χ4v) is 6.51. The van der Waals surface area contributed by atoms with E-state index >= 15 is 0 Å². The summed E-state index contributed by atoms with van der Waals surface area (Å²) in [5, 5.41) is 0. The first kappa shape index (κ1) is 21.6. The van der Waals surface area contributed by atoms with Crippen molar-refractivity contribution in [3.63, 3.8) is 0 Å². The zero-order valence-electron chi connectivity index (χ0n) is 18.5. The highest BCUT2D eigenvalue weighted by atomic mass is 127. The first-order chi connectivity index (χ1) is 16.6. The molecule has 0 radical (unpaired) electrons. The SMILES string of the molecule is COc1ccccc1C1C2=C(N=c3sc(=Cc4cccc(I)c4)c(=O)n31)c1ccccc1CC2. The van der Waals surface area contributed by atoms with Gasteiger partial charge in [0.05, 0.1) is 23.4 Å². The molecule has 2 heterocycles. The van der Waals surface area contributed by atoms with Gasteiger partial charge in [0, 0.05) is 14.7 Å². The third kappa shape index (κ3) is 3.56. The first-order valence-corrected chi connectivity index (χ1v) is 13.0. The number of methoxy groups -OCH3 is 1. The van der Waals surface area contributed by atoms with Crippen molar-refractivity contribution >= 4 is 45.7 Å². The Kier molecular flexibility index (Phi) is 5.50. The van der Waals surface area contributed by atoms with Crippen molar-refractivity contribution in [1.82, 2.24) is 4.57 Å². The number of fused-ring (bicyclic) bond motifs is 3. The van der Waals surface area contributed by atoms with Crippen molar-refractivity contribution in [1.29, 1.82) is 0 Å². The van der Waals surface area contributed by atoms with E-state index in [0.717, 1.165) is 43.8 Å². The van der Waals surface area contributed by atoms with Crippen LogP contribution >= 0.6 is 33.9 Å². The quantitative estimate of drug-likeness (QED) is 0.325. The molecule has 6 heteroatoms. The highest BCUT2D eigenvalue weighted by Gasteiger charge is 2.33.